The first-order valence-corrected chi connectivity index (χ1v) is 10.8. The second-order valence-corrected chi connectivity index (χ2v) is 8.46. The molecule has 176 valence electrons. The molecular weight excluding hydrogens is 446 g/mol. The Morgan fingerprint density at radius 3 is 2.79 bits per heavy atom. The molecule has 3 rings (SSSR count). The van der Waals surface area contributed by atoms with E-state index in [0.29, 0.717) is 35.2 Å². The van der Waals surface area contributed by atoms with E-state index in [1.807, 2.05) is 23.9 Å². The first-order chi connectivity index (χ1) is 15.8. The number of amides is 2. The highest BCUT2D eigenvalue weighted by molar-refractivity contribution is 6.34. The number of carbonyl (C=O) groups is 2. The van der Waals surface area contributed by atoms with E-state index in [-0.39, 0.29) is 17.6 Å². The number of aliphatic imine (C=N–C) groups is 1. The minimum atomic E-state index is -0.504. The molecule has 1 saturated heterocycles. The Balaban J connectivity index is 1.55. The Morgan fingerprint density at radius 2 is 2.15 bits per heavy atom. The maximum absolute atomic E-state index is 12.3. The van der Waals surface area contributed by atoms with Gasteiger partial charge in [-0.2, -0.15) is 4.98 Å². The molecule has 11 heteroatoms. The summed E-state index contributed by atoms with van der Waals surface area (Å²) in [5.41, 5.74) is 13.0. The molecule has 1 aliphatic rings. The van der Waals surface area contributed by atoms with Gasteiger partial charge in [0, 0.05) is 56.5 Å². The molecule has 2 aromatic rings. The maximum atomic E-state index is 12.3. The zero-order valence-corrected chi connectivity index (χ0v) is 19.4. The molecule has 0 atom stereocenters. The number of nitrogens with two attached hydrogens (primary N) is 2. The van der Waals surface area contributed by atoms with Crippen LogP contribution in [0.1, 0.15) is 22.5 Å². The number of aromatic nitrogens is 1. The van der Waals surface area contributed by atoms with Crippen molar-refractivity contribution in [2.45, 2.75) is 6.42 Å². The maximum Gasteiger partial charge on any atom is 0.292 e. The topological polar surface area (TPSA) is 143 Å². The lowest BCUT2D eigenvalue weighted by molar-refractivity contribution is -0.137. The summed E-state index contributed by atoms with van der Waals surface area (Å²) in [6.07, 6.45) is 4.82. The number of benzene rings is 1. The van der Waals surface area contributed by atoms with Crippen molar-refractivity contribution in [1.29, 1.82) is 0 Å². The molecular formula is C22H28ClN7O3. The predicted molar refractivity (Wildman–Crippen MR) is 129 cm³/mol. The molecule has 1 aromatic carbocycles. The monoisotopic (exact) mass is 473 g/mol. The highest BCUT2D eigenvalue weighted by Crippen LogP contribution is 2.26. The molecule has 0 spiro atoms. The van der Waals surface area contributed by atoms with E-state index in [1.165, 1.54) is 6.20 Å². The van der Waals surface area contributed by atoms with Gasteiger partial charge in [0.2, 0.25) is 5.91 Å². The summed E-state index contributed by atoms with van der Waals surface area (Å²) in [5, 5.41) is 3.03. The number of carbonyl (C=O) groups excluding carboxylic acids is 2. The second-order valence-electron chi connectivity index (χ2n) is 8.05. The van der Waals surface area contributed by atoms with E-state index in [1.54, 1.807) is 24.4 Å². The summed E-state index contributed by atoms with van der Waals surface area (Å²) < 4.78 is 4.86. The van der Waals surface area contributed by atoms with Gasteiger partial charge in [0.25, 0.3) is 11.9 Å². The zero-order valence-electron chi connectivity index (χ0n) is 18.6. The van der Waals surface area contributed by atoms with Gasteiger partial charge in [-0.3, -0.25) is 14.6 Å². The standard InChI is InChI=1S/C22H28ClN7O3/c1-29(2)6-5-20(31)30-11-14(12-30)9-26-10-16(8-24)15-3-4-17(23)18(7-15)27-21(32)19-13-33-22(25)28-19/h3-4,7-8,10,13-14H,5-6,9,11-12,24H2,1-2H3,(H2,25,28)(H,27,32). The lowest BCUT2D eigenvalue weighted by Gasteiger charge is -2.38. The molecule has 0 radical (unpaired) electrons. The summed E-state index contributed by atoms with van der Waals surface area (Å²) >= 11 is 6.23. The van der Waals surface area contributed by atoms with Crippen LogP contribution in [0.25, 0.3) is 5.57 Å². The minimum Gasteiger partial charge on any atom is -0.431 e. The van der Waals surface area contributed by atoms with Gasteiger partial charge in [0.05, 0.1) is 10.7 Å². The van der Waals surface area contributed by atoms with Gasteiger partial charge in [0.15, 0.2) is 5.69 Å². The van der Waals surface area contributed by atoms with Crippen molar-refractivity contribution in [3.63, 3.8) is 0 Å². The van der Waals surface area contributed by atoms with Crippen LogP contribution < -0.4 is 16.8 Å². The van der Waals surface area contributed by atoms with Crippen molar-refractivity contribution in [2.24, 2.45) is 16.6 Å². The molecule has 0 saturated carbocycles. The van der Waals surface area contributed by atoms with Crippen molar-refractivity contribution in [3.8, 4) is 0 Å². The van der Waals surface area contributed by atoms with E-state index in [9.17, 15) is 9.59 Å². The third-order valence-corrected chi connectivity index (χ3v) is 5.49. The number of nitrogen functional groups attached to an aromatic ring is 1. The summed E-state index contributed by atoms with van der Waals surface area (Å²) in [7, 11) is 3.90. The molecule has 2 amide bonds. The van der Waals surface area contributed by atoms with Crippen molar-refractivity contribution < 1.29 is 14.0 Å². The lowest BCUT2D eigenvalue weighted by atomic mass is 10.00. The number of halogens is 1. The Morgan fingerprint density at radius 1 is 1.39 bits per heavy atom. The number of allylic oxidation sites excluding steroid dienone is 1. The van der Waals surface area contributed by atoms with Crippen LogP contribution in [0.4, 0.5) is 11.7 Å². The molecule has 5 N–H and O–H groups in total. The molecule has 2 heterocycles. The summed E-state index contributed by atoms with van der Waals surface area (Å²) in [4.78, 5) is 36.6. The van der Waals surface area contributed by atoms with E-state index < -0.39 is 5.91 Å². The number of anilines is 2. The van der Waals surface area contributed by atoms with Gasteiger partial charge in [-0.1, -0.05) is 17.7 Å². The molecule has 0 aliphatic carbocycles. The van der Waals surface area contributed by atoms with E-state index in [4.69, 9.17) is 27.5 Å². The molecule has 1 aromatic heterocycles. The Bertz CT molecular complexity index is 1060. The first-order valence-electron chi connectivity index (χ1n) is 10.4. The molecule has 1 fully saturated rings. The third-order valence-electron chi connectivity index (χ3n) is 5.16. The Hall–Kier alpha value is -3.37. The number of likely N-dealkylation sites (tertiary alicyclic amines) is 1. The molecule has 0 bridgehead atoms. The molecule has 1 aliphatic heterocycles. The fourth-order valence-corrected chi connectivity index (χ4v) is 3.42. The summed E-state index contributed by atoms with van der Waals surface area (Å²) in [5.74, 6) is 0.00479. The van der Waals surface area contributed by atoms with Gasteiger partial charge < -0.3 is 31.0 Å². The largest absolute Gasteiger partial charge is 0.431 e. The second kappa shape index (κ2) is 11.0. The van der Waals surface area contributed by atoms with Crippen LogP contribution in [0.2, 0.25) is 5.02 Å². The first kappa shape index (κ1) is 24.3. The normalized spacial score (nSPS) is 14.7. The number of nitrogens with zero attached hydrogens (tertiary/aromatic N) is 4. The van der Waals surface area contributed by atoms with Crippen LogP contribution in [-0.2, 0) is 4.79 Å². The predicted octanol–water partition coefficient (Wildman–Crippen LogP) is 1.94. The van der Waals surface area contributed by atoms with Crippen molar-refractivity contribution in [2.75, 3.05) is 51.3 Å². The highest BCUT2D eigenvalue weighted by atomic mass is 35.5. The van der Waals surface area contributed by atoms with Gasteiger partial charge in [-0.05, 0) is 31.8 Å². The lowest BCUT2D eigenvalue weighted by Crippen LogP contribution is -2.51. The quantitative estimate of drug-likeness (QED) is 0.472. The van der Waals surface area contributed by atoms with Crippen LogP contribution >= 0.6 is 11.6 Å². The molecule has 10 nitrogen and oxygen atoms in total. The van der Waals surface area contributed by atoms with E-state index in [0.717, 1.165) is 31.5 Å². The van der Waals surface area contributed by atoms with Crippen LogP contribution in [0, 0.1) is 5.92 Å². The summed E-state index contributed by atoms with van der Waals surface area (Å²) in [6.45, 7) is 2.78. The fourth-order valence-electron chi connectivity index (χ4n) is 3.26. The van der Waals surface area contributed by atoms with E-state index in [2.05, 4.69) is 15.3 Å². The average molecular weight is 474 g/mol. The van der Waals surface area contributed by atoms with Crippen LogP contribution in [0.5, 0.6) is 0 Å². The average Bonchev–Trinajstić information content (AvgIpc) is 3.19. The van der Waals surface area contributed by atoms with Gasteiger partial charge in [-0.25, -0.2) is 0 Å². The Labute approximate surface area is 197 Å². The number of oxazole rings is 1. The SMILES string of the molecule is CN(C)CCC(=O)N1CC(CN=CC(=CN)c2ccc(Cl)c(NC(=O)c3coc(N)n3)c2)C1. The van der Waals surface area contributed by atoms with Crippen molar-refractivity contribution in [3.05, 3.63) is 46.9 Å². The Kier molecular flexibility index (Phi) is 8.07. The van der Waals surface area contributed by atoms with Crippen LogP contribution in [-0.4, -0.2) is 73.1 Å². The number of hydrogen-bond donors (Lipinski definition) is 3. The van der Waals surface area contributed by atoms with Crippen LogP contribution in [0.3, 0.4) is 0 Å². The minimum absolute atomic E-state index is 0.0415. The van der Waals surface area contributed by atoms with Crippen molar-refractivity contribution >= 4 is 46.9 Å². The molecule has 33 heavy (non-hydrogen) atoms. The van der Waals surface area contributed by atoms with E-state index >= 15 is 0 Å². The van der Waals surface area contributed by atoms with Crippen LogP contribution in [0.15, 0.2) is 40.1 Å². The summed E-state index contributed by atoms with van der Waals surface area (Å²) in [6, 6.07) is 5.04. The molecule has 0 unspecified atom stereocenters. The van der Waals surface area contributed by atoms with Crippen molar-refractivity contribution in [1.82, 2.24) is 14.8 Å². The highest BCUT2D eigenvalue weighted by Gasteiger charge is 2.29. The number of rotatable bonds is 9. The zero-order chi connectivity index (χ0) is 24.0. The van der Waals surface area contributed by atoms with Gasteiger partial charge >= 0.3 is 0 Å². The van der Waals surface area contributed by atoms with Gasteiger partial charge in [-0.15, -0.1) is 0 Å². The number of nitrogens with one attached hydrogen (secondary N) is 1. The fraction of sp³-hybridized carbons (Fsp3) is 0.364. The van der Waals surface area contributed by atoms with Gasteiger partial charge in [0.1, 0.15) is 6.26 Å². The smallest absolute Gasteiger partial charge is 0.292 e. The third kappa shape index (κ3) is 6.56. The number of hydrogen-bond acceptors (Lipinski definition) is 8.